The van der Waals surface area contributed by atoms with Gasteiger partial charge in [0.25, 0.3) is 11.8 Å². The van der Waals surface area contributed by atoms with Crippen LogP contribution in [-0.2, 0) is 35.4 Å². The summed E-state index contributed by atoms with van der Waals surface area (Å²) in [7, 11) is 0. The minimum atomic E-state index is -1.29. The summed E-state index contributed by atoms with van der Waals surface area (Å²) in [5, 5.41) is 15.3. The highest BCUT2D eigenvalue weighted by Crippen LogP contribution is 2.40. The number of aliphatic carboxylic acids is 1. The van der Waals surface area contributed by atoms with Crippen LogP contribution in [-0.4, -0.2) is 63.2 Å². The summed E-state index contributed by atoms with van der Waals surface area (Å²) in [5.74, 6) is -2.73. The average molecular weight is 447 g/mol. The number of carbonyl (C=O) groups excluding carboxylic acids is 3. The lowest BCUT2D eigenvalue weighted by molar-refractivity contribution is -0.150. The molecule has 2 amide bonds. The number of hydrogen-bond acceptors (Lipinski definition) is 8. The molecular weight excluding hydrogens is 426 g/mol. The first-order valence-corrected chi connectivity index (χ1v) is 10.4. The van der Waals surface area contributed by atoms with Gasteiger partial charge in [0.1, 0.15) is 36.0 Å². The Hall–Kier alpha value is -3.34. The monoisotopic (exact) mass is 447 g/mol. The van der Waals surface area contributed by atoms with Crippen LogP contribution in [0.15, 0.2) is 46.8 Å². The number of thioether (sulfide) groups is 1. The Morgan fingerprint density at radius 3 is 2.58 bits per heavy atom. The highest BCUT2D eigenvalue weighted by atomic mass is 32.2. The molecule has 0 radical (unpaired) electrons. The molecule has 2 aliphatic rings. The second kappa shape index (κ2) is 9.65. The number of carboxylic acid groups (broad SMARTS) is 1. The summed E-state index contributed by atoms with van der Waals surface area (Å²) < 4.78 is 4.89. The normalized spacial score (nSPS) is 20.5. The number of fused-ring (bicyclic) bond motifs is 1. The van der Waals surface area contributed by atoms with Crippen molar-refractivity contribution in [3.8, 4) is 0 Å². The summed E-state index contributed by atoms with van der Waals surface area (Å²) in [4.78, 5) is 54.0. The molecule has 0 spiro atoms. The number of rotatable bonds is 8. The maximum absolute atomic E-state index is 12.6. The SMILES string of the molecule is CC(=O)OCC1=C(C(=O)O)N2C(=O)[C@@H](NC(=O)/C(C)=N/OCc3ccccc3)[C@H]2SC1. The first-order valence-electron chi connectivity index (χ1n) is 9.34. The van der Waals surface area contributed by atoms with Gasteiger partial charge in [0.2, 0.25) is 0 Å². The molecule has 0 saturated carbocycles. The number of esters is 1. The van der Waals surface area contributed by atoms with Crippen LogP contribution in [0, 0.1) is 0 Å². The third kappa shape index (κ3) is 5.05. The summed E-state index contributed by atoms with van der Waals surface area (Å²) in [5.41, 5.74) is 1.04. The minimum absolute atomic E-state index is 0.0348. The maximum atomic E-state index is 12.6. The van der Waals surface area contributed by atoms with E-state index in [1.165, 1.54) is 25.6 Å². The summed E-state index contributed by atoms with van der Waals surface area (Å²) in [6.45, 7) is 2.66. The fourth-order valence-electron chi connectivity index (χ4n) is 3.05. The largest absolute Gasteiger partial charge is 0.477 e. The van der Waals surface area contributed by atoms with Crippen LogP contribution in [0.2, 0.25) is 0 Å². The van der Waals surface area contributed by atoms with Crippen molar-refractivity contribution in [2.75, 3.05) is 12.4 Å². The molecule has 3 rings (SSSR count). The van der Waals surface area contributed by atoms with E-state index in [1.54, 1.807) is 0 Å². The van der Waals surface area contributed by atoms with Gasteiger partial charge in [-0.3, -0.25) is 19.3 Å². The van der Waals surface area contributed by atoms with Crippen LogP contribution in [0.5, 0.6) is 0 Å². The second-order valence-electron chi connectivity index (χ2n) is 6.83. The van der Waals surface area contributed by atoms with E-state index in [9.17, 15) is 24.3 Å². The lowest BCUT2D eigenvalue weighted by atomic mass is 10.0. The van der Waals surface area contributed by atoms with Crippen molar-refractivity contribution in [2.24, 2.45) is 5.16 Å². The average Bonchev–Trinajstić information content (AvgIpc) is 2.75. The van der Waals surface area contributed by atoms with Crippen LogP contribution in [0.1, 0.15) is 19.4 Å². The quantitative estimate of drug-likeness (QED) is 0.260. The molecule has 0 aromatic heterocycles. The zero-order valence-electron chi connectivity index (χ0n) is 16.9. The van der Waals surface area contributed by atoms with Gasteiger partial charge in [0.05, 0.1) is 0 Å². The van der Waals surface area contributed by atoms with E-state index < -0.39 is 35.2 Å². The number of nitrogens with one attached hydrogen (secondary N) is 1. The van der Waals surface area contributed by atoms with E-state index in [2.05, 4.69) is 10.5 Å². The zero-order chi connectivity index (χ0) is 22.5. The molecule has 2 heterocycles. The van der Waals surface area contributed by atoms with Gasteiger partial charge in [-0.05, 0) is 12.5 Å². The summed E-state index contributed by atoms with van der Waals surface area (Å²) >= 11 is 1.28. The fraction of sp³-hybridized carbons (Fsp3) is 0.350. The van der Waals surface area contributed by atoms with Crippen molar-refractivity contribution >= 4 is 41.2 Å². The Morgan fingerprint density at radius 2 is 1.94 bits per heavy atom. The molecule has 0 unspecified atom stereocenters. The molecule has 0 bridgehead atoms. The standard InChI is InChI=1S/C20H21N3O7S/c1-11(22-30-8-13-6-4-3-5-7-13)17(25)21-15-18(26)23-16(20(27)28)14(9-29-12(2)24)10-31-19(15)23/h3-7,15,19H,8-10H2,1-2H3,(H,21,25)(H,27,28)/b22-11+/t15-,19-/m1/s1. The molecule has 1 saturated heterocycles. The van der Waals surface area contributed by atoms with E-state index in [1.807, 2.05) is 30.3 Å². The number of carbonyl (C=O) groups is 4. The highest BCUT2D eigenvalue weighted by Gasteiger charge is 2.54. The first kappa shape index (κ1) is 22.3. The fourth-order valence-corrected chi connectivity index (χ4v) is 4.38. The number of amides is 2. The Labute approximate surface area is 182 Å². The number of carboxylic acids is 1. The van der Waals surface area contributed by atoms with Gasteiger partial charge >= 0.3 is 11.9 Å². The van der Waals surface area contributed by atoms with Crippen molar-refractivity contribution in [3.05, 3.63) is 47.2 Å². The number of hydrogen-bond donors (Lipinski definition) is 2. The lowest BCUT2D eigenvalue weighted by Gasteiger charge is -2.49. The van der Waals surface area contributed by atoms with Gasteiger partial charge in [-0.1, -0.05) is 35.5 Å². The molecule has 31 heavy (non-hydrogen) atoms. The van der Waals surface area contributed by atoms with Crippen molar-refractivity contribution < 1.29 is 33.9 Å². The predicted octanol–water partition coefficient (Wildman–Crippen LogP) is 0.881. The molecule has 10 nitrogen and oxygen atoms in total. The molecule has 1 aromatic carbocycles. The number of nitrogens with zero attached hydrogens (tertiary/aromatic N) is 2. The zero-order valence-corrected chi connectivity index (χ0v) is 17.7. The summed E-state index contributed by atoms with van der Waals surface area (Å²) in [6, 6.07) is 8.41. The lowest BCUT2D eigenvalue weighted by Crippen LogP contribution is -2.71. The van der Waals surface area contributed by atoms with E-state index in [0.29, 0.717) is 5.57 Å². The molecule has 2 N–H and O–H groups in total. The van der Waals surface area contributed by atoms with Crippen LogP contribution >= 0.6 is 11.8 Å². The molecule has 0 aliphatic carbocycles. The van der Waals surface area contributed by atoms with Crippen LogP contribution in [0.3, 0.4) is 0 Å². The van der Waals surface area contributed by atoms with Crippen LogP contribution < -0.4 is 5.32 Å². The first-order chi connectivity index (χ1) is 14.8. The summed E-state index contributed by atoms with van der Waals surface area (Å²) in [6.07, 6.45) is 0. The molecule has 2 atom stereocenters. The number of β-lactam (4-membered cyclic amide) rings is 1. The van der Waals surface area contributed by atoms with Gasteiger partial charge in [-0.2, -0.15) is 0 Å². The van der Waals surface area contributed by atoms with Gasteiger partial charge < -0.3 is 20.0 Å². The van der Waals surface area contributed by atoms with Crippen LogP contribution in [0.4, 0.5) is 0 Å². The topological polar surface area (TPSA) is 135 Å². The third-order valence-corrected chi connectivity index (χ3v) is 5.93. The number of ether oxygens (including phenoxy) is 1. The molecule has 1 aromatic rings. The van der Waals surface area contributed by atoms with Crippen molar-refractivity contribution in [2.45, 2.75) is 31.9 Å². The minimum Gasteiger partial charge on any atom is -0.477 e. The van der Waals surface area contributed by atoms with Crippen molar-refractivity contribution in [1.29, 1.82) is 0 Å². The third-order valence-electron chi connectivity index (χ3n) is 4.59. The predicted molar refractivity (Wildman–Crippen MR) is 111 cm³/mol. The Morgan fingerprint density at radius 1 is 1.23 bits per heavy atom. The van der Waals surface area contributed by atoms with E-state index in [4.69, 9.17) is 9.57 Å². The number of oxime groups is 1. The van der Waals surface area contributed by atoms with E-state index in [0.717, 1.165) is 10.5 Å². The molecule has 1 fully saturated rings. The smallest absolute Gasteiger partial charge is 0.352 e. The molecular formula is C20H21N3O7S. The second-order valence-corrected chi connectivity index (χ2v) is 7.94. The Kier molecular flexibility index (Phi) is 6.95. The molecule has 11 heteroatoms. The van der Waals surface area contributed by atoms with Crippen molar-refractivity contribution in [3.63, 3.8) is 0 Å². The molecule has 2 aliphatic heterocycles. The Balaban J connectivity index is 1.61. The van der Waals surface area contributed by atoms with Gasteiger partial charge in [-0.25, -0.2) is 4.79 Å². The van der Waals surface area contributed by atoms with Crippen LogP contribution in [0.25, 0.3) is 0 Å². The van der Waals surface area contributed by atoms with Gasteiger partial charge in [-0.15, -0.1) is 11.8 Å². The van der Waals surface area contributed by atoms with Gasteiger partial charge in [0, 0.05) is 18.2 Å². The van der Waals surface area contributed by atoms with E-state index in [-0.39, 0.29) is 30.4 Å². The van der Waals surface area contributed by atoms with E-state index >= 15 is 0 Å². The molecule has 164 valence electrons. The highest BCUT2D eigenvalue weighted by molar-refractivity contribution is 8.00. The van der Waals surface area contributed by atoms with Gasteiger partial charge in [0.15, 0.2) is 0 Å². The Bertz CT molecular complexity index is 961. The number of benzene rings is 1. The maximum Gasteiger partial charge on any atom is 0.352 e. The van der Waals surface area contributed by atoms with Crippen molar-refractivity contribution in [1.82, 2.24) is 10.2 Å².